The van der Waals surface area contributed by atoms with Gasteiger partial charge in [0.05, 0.1) is 18.8 Å². The van der Waals surface area contributed by atoms with E-state index in [1.807, 2.05) is 26.5 Å². The van der Waals surface area contributed by atoms with Crippen LogP contribution in [-0.2, 0) is 4.74 Å². The Labute approximate surface area is 145 Å². The Morgan fingerprint density at radius 3 is 2.36 bits per heavy atom. The Balaban J connectivity index is 1.37. The highest BCUT2D eigenvalue weighted by Gasteiger charge is 2.28. The highest BCUT2D eigenvalue weighted by Crippen LogP contribution is 2.12. The fraction of sp³-hybridized carbons (Fsp3) is 0.471. The molecular weight excluding hydrogens is 322 g/mol. The first kappa shape index (κ1) is 15.9. The zero-order valence-electron chi connectivity index (χ0n) is 14.0. The molecule has 0 unspecified atom stereocenters. The maximum atomic E-state index is 12.7. The number of morpholine rings is 1. The number of rotatable bonds is 1. The van der Waals surface area contributed by atoms with Crippen molar-refractivity contribution in [3.63, 3.8) is 0 Å². The number of fused-ring (bicyclic) bond motifs is 1. The van der Waals surface area contributed by atoms with Gasteiger partial charge in [0.1, 0.15) is 5.65 Å². The number of hydrogen-bond acceptors (Lipinski definition) is 4. The van der Waals surface area contributed by atoms with Crippen LogP contribution in [0.2, 0.25) is 0 Å². The number of nitrogens with zero attached hydrogens (tertiary/aromatic N) is 5. The summed E-state index contributed by atoms with van der Waals surface area (Å²) < 4.78 is 7.13. The summed E-state index contributed by atoms with van der Waals surface area (Å²) in [7, 11) is 0. The number of aromatic nitrogens is 2. The summed E-state index contributed by atoms with van der Waals surface area (Å²) in [6.07, 6.45) is 5.33. The topological polar surface area (TPSA) is 70.4 Å². The first-order valence-corrected chi connectivity index (χ1v) is 8.56. The molecule has 2 fully saturated rings. The Bertz CT molecular complexity index is 775. The van der Waals surface area contributed by atoms with Crippen molar-refractivity contribution in [2.75, 3.05) is 52.5 Å². The van der Waals surface area contributed by atoms with E-state index in [-0.39, 0.29) is 11.9 Å². The molecule has 0 bridgehead atoms. The van der Waals surface area contributed by atoms with E-state index in [1.54, 1.807) is 23.4 Å². The van der Waals surface area contributed by atoms with Crippen LogP contribution in [0.1, 0.15) is 10.4 Å². The second-order valence-electron chi connectivity index (χ2n) is 6.27. The van der Waals surface area contributed by atoms with Crippen LogP contribution in [0.5, 0.6) is 0 Å². The van der Waals surface area contributed by atoms with Crippen molar-refractivity contribution >= 4 is 17.6 Å². The van der Waals surface area contributed by atoms with Crippen molar-refractivity contribution in [3.05, 3.63) is 36.3 Å². The van der Waals surface area contributed by atoms with Crippen LogP contribution in [-0.4, -0.2) is 88.5 Å². The third-order valence-corrected chi connectivity index (χ3v) is 4.75. The van der Waals surface area contributed by atoms with Crippen LogP contribution >= 0.6 is 0 Å². The van der Waals surface area contributed by atoms with Gasteiger partial charge < -0.3 is 23.8 Å². The molecule has 8 heteroatoms. The highest BCUT2D eigenvalue weighted by molar-refractivity contribution is 5.94. The van der Waals surface area contributed by atoms with Gasteiger partial charge in [0, 0.05) is 57.9 Å². The van der Waals surface area contributed by atoms with E-state index < -0.39 is 0 Å². The Kier molecular flexibility index (Phi) is 4.27. The summed E-state index contributed by atoms with van der Waals surface area (Å²) in [5.74, 6) is -0.00549. The van der Waals surface area contributed by atoms with Gasteiger partial charge in [-0.2, -0.15) is 0 Å². The summed E-state index contributed by atoms with van der Waals surface area (Å²) >= 11 is 0. The number of ether oxygens (including phenoxy) is 1. The van der Waals surface area contributed by atoms with Gasteiger partial charge in [-0.1, -0.05) is 0 Å². The zero-order chi connectivity index (χ0) is 17.2. The number of urea groups is 1. The van der Waals surface area contributed by atoms with Gasteiger partial charge in [0.15, 0.2) is 0 Å². The zero-order valence-corrected chi connectivity index (χ0v) is 14.0. The molecule has 0 saturated carbocycles. The van der Waals surface area contributed by atoms with Gasteiger partial charge in [-0.15, -0.1) is 0 Å². The number of hydrogen-bond donors (Lipinski definition) is 0. The lowest BCUT2D eigenvalue weighted by Crippen LogP contribution is -2.55. The maximum absolute atomic E-state index is 12.7. The predicted molar refractivity (Wildman–Crippen MR) is 90.5 cm³/mol. The van der Waals surface area contributed by atoms with Gasteiger partial charge in [-0.25, -0.2) is 9.78 Å². The largest absolute Gasteiger partial charge is 0.378 e. The summed E-state index contributed by atoms with van der Waals surface area (Å²) in [6.45, 7) is 4.71. The van der Waals surface area contributed by atoms with Crippen molar-refractivity contribution in [2.24, 2.45) is 0 Å². The average Bonchev–Trinajstić information content (AvgIpc) is 3.15. The first-order valence-electron chi connectivity index (χ1n) is 8.56. The summed E-state index contributed by atoms with van der Waals surface area (Å²) in [5, 5.41) is 0. The molecule has 2 saturated heterocycles. The van der Waals surface area contributed by atoms with Gasteiger partial charge in [-0.05, 0) is 12.1 Å². The molecule has 4 rings (SSSR count). The Morgan fingerprint density at radius 2 is 1.60 bits per heavy atom. The molecule has 2 aromatic rings. The minimum Gasteiger partial charge on any atom is -0.378 e. The third kappa shape index (κ3) is 3.17. The lowest BCUT2D eigenvalue weighted by molar-refractivity contribution is 0.0362. The average molecular weight is 343 g/mol. The van der Waals surface area contributed by atoms with Crippen LogP contribution in [0.25, 0.3) is 5.65 Å². The molecule has 8 nitrogen and oxygen atoms in total. The first-order chi connectivity index (χ1) is 12.2. The SMILES string of the molecule is O=C(c1ccc2nccn2c1)N1CCN(C(=O)N2CCOCC2)CC1. The van der Waals surface area contributed by atoms with Gasteiger partial charge >= 0.3 is 6.03 Å². The smallest absolute Gasteiger partial charge is 0.320 e. The normalized spacial score (nSPS) is 18.6. The summed E-state index contributed by atoms with van der Waals surface area (Å²) in [5.41, 5.74) is 1.45. The summed E-state index contributed by atoms with van der Waals surface area (Å²) in [4.78, 5) is 34.9. The van der Waals surface area contributed by atoms with E-state index in [1.165, 1.54) is 0 Å². The molecular formula is C17H21N5O3. The second-order valence-corrected chi connectivity index (χ2v) is 6.27. The standard InChI is InChI=1S/C17H21N5O3/c23-16(14-1-2-15-18-3-4-22(15)13-14)19-5-7-20(8-6-19)17(24)21-9-11-25-12-10-21/h1-4,13H,5-12H2. The molecule has 2 aromatic heterocycles. The molecule has 0 aliphatic carbocycles. The number of carbonyl (C=O) groups is 2. The molecule has 0 N–H and O–H groups in total. The Morgan fingerprint density at radius 1 is 0.920 bits per heavy atom. The molecule has 3 amide bonds. The van der Waals surface area contributed by atoms with Crippen molar-refractivity contribution in [2.45, 2.75) is 0 Å². The van der Waals surface area contributed by atoms with Gasteiger partial charge in [0.2, 0.25) is 0 Å². The second kappa shape index (κ2) is 6.72. The predicted octanol–water partition coefficient (Wildman–Crippen LogP) is 0.544. The number of piperazine rings is 1. The molecule has 0 atom stereocenters. The van der Waals surface area contributed by atoms with Crippen LogP contribution in [0.15, 0.2) is 30.7 Å². The van der Waals surface area contributed by atoms with Crippen LogP contribution in [0.3, 0.4) is 0 Å². The van der Waals surface area contributed by atoms with E-state index in [2.05, 4.69) is 4.98 Å². The number of amides is 3. The molecule has 132 valence electrons. The Hall–Kier alpha value is -2.61. The fourth-order valence-corrected chi connectivity index (χ4v) is 3.28. The third-order valence-electron chi connectivity index (χ3n) is 4.75. The van der Waals surface area contributed by atoms with E-state index in [4.69, 9.17) is 4.74 Å². The molecule has 0 spiro atoms. The molecule has 2 aliphatic heterocycles. The number of pyridine rings is 1. The van der Waals surface area contributed by atoms with Crippen molar-refractivity contribution in [3.8, 4) is 0 Å². The number of carbonyl (C=O) groups excluding carboxylic acids is 2. The van der Waals surface area contributed by atoms with Gasteiger partial charge in [0.25, 0.3) is 5.91 Å². The number of imidazole rings is 1. The fourth-order valence-electron chi connectivity index (χ4n) is 3.28. The lowest BCUT2D eigenvalue weighted by atomic mass is 10.2. The monoisotopic (exact) mass is 343 g/mol. The van der Waals surface area contributed by atoms with E-state index in [0.717, 1.165) is 5.65 Å². The van der Waals surface area contributed by atoms with Crippen LogP contribution in [0, 0.1) is 0 Å². The molecule has 25 heavy (non-hydrogen) atoms. The molecule has 4 heterocycles. The van der Waals surface area contributed by atoms with Crippen LogP contribution in [0.4, 0.5) is 4.79 Å². The van der Waals surface area contributed by atoms with E-state index >= 15 is 0 Å². The van der Waals surface area contributed by atoms with E-state index in [0.29, 0.717) is 58.0 Å². The lowest BCUT2D eigenvalue weighted by Gasteiger charge is -2.38. The molecule has 0 aromatic carbocycles. The van der Waals surface area contributed by atoms with Gasteiger partial charge in [-0.3, -0.25) is 4.79 Å². The highest BCUT2D eigenvalue weighted by atomic mass is 16.5. The minimum atomic E-state index is -0.00549. The minimum absolute atomic E-state index is 0.00549. The summed E-state index contributed by atoms with van der Waals surface area (Å²) in [6, 6.07) is 3.69. The molecule has 2 aliphatic rings. The van der Waals surface area contributed by atoms with Crippen LogP contribution < -0.4 is 0 Å². The van der Waals surface area contributed by atoms with Crippen molar-refractivity contribution < 1.29 is 14.3 Å². The molecule has 0 radical (unpaired) electrons. The van der Waals surface area contributed by atoms with Crippen molar-refractivity contribution in [1.82, 2.24) is 24.1 Å². The maximum Gasteiger partial charge on any atom is 0.320 e. The van der Waals surface area contributed by atoms with Crippen molar-refractivity contribution in [1.29, 1.82) is 0 Å². The van der Waals surface area contributed by atoms with E-state index in [9.17, 15) is 9.59 Å². The quantitative estimate of drug-likeness (QED) is 0.758.